The van der Waals surface area contributed by atoms with Gasteiger partial charge in [0.05, 0.1) is 10.5 Å². The maximum absolute atomic E-state index is 13.6. The average Bonchev–Trinajstić information content (AvgIpc) is 3.46. The fourth-order valence-corrected chi connectivity index (χ4v) is 6.05. The van der Waals surface area contributed by atoms with Crippen molar-refractivity contribution in [1.29, 1.82) is 0 Å². The highest BCUT2D eigenvalue weighted by molar-refractivity contribution is 6.30. The zero-order valence-electron chi connectivity index (χ0n) is 22.8. The normalized spacial score (nSPS) is 15.9. The lowest BCUT2D eigenvalue weighted by molar-refractivity contribution is -0.0351. The molecule has 0 radical (unpaired) electrons. The van der Waals surface area contributed by atoms with Crippen LogP contribution in [0, 0.1) is 0 Å². The summed E-state index contributed by atoms with van der Waals surface area (Å²) in [5.41, 5.74) is 3.92. The fourth-order valence-electron chi connectivity index (χ4n) is 5.94. The van der Waals surface area contributed by atoms with E-state index in [-0.39, 0.29) is 17.4 Å². The van der Waals surface area contributed by atoms with Gasteiger partial charge >= 0.3 is 0 Å². The molecule has 2 aromatic carbocycles. The molecule has 0 unspecified atom stereocenters. The van der Waals surface area contributed by atoms with Crippen LogP contribution in [0.3, 0.4) is 0 Å². The molecule has 42 heavy (non-hydrogen) atoms. The molecule has 5 heterocycles. The topological polar surface area (TPSA) is 80.0 Å². The Morgan fingerprint density at radius 2 is 1.57 bits per heavy atom. The van der Waals surface area contributed by atoms with E-state index in [0.717, 1.165) is 35.9 Å². The van der Waals surface area contributed by atoms with Gasteiger partial charge in [0.2, 0.25) is 5.88 Å². The van der Waals surface area contributed by atoms with Crippen molar-refractivity contribution in [3.05, 3.63) is 114 Å². The van der Waals surface area contributed by atoms with Gasteiger partial charge in [-0.2, -0.15) is 5.10 Å². The number of pyridine rings is 2. The molecule has 0 aliphatic carbocycles. The molecule has 3 aromatic heterocycles. The van der Waals surface area contributed by atoms with Gasteiger partial charge in [-0.25, -0.2) is 9.50 Å². The van der Waals surface area contributed by atoms with Crippen LogP contribution in [0.1, 0.15) is 40.1 Å². The highest BCUT2D eigenvalue weighted by Gasteiger charge is 2.49. The third-order valence-corrected chi connectivity index (χ3v) is 8.64. The van der Waals surface area contributed by atoms with E-state index in [2.05, 4.69) is 28.3 Å². The monoisotopic (exact) mass is 577 g/mol. The van der Waals surface area contributed by atoms with Crippen LogP contribution in [0.25, 0.3) is 16.6 Å². The summed E-state index contributed by atoms with van der Waals surface area (Å²) in [7, 11) is 0. The van der Waals surface area contributed by atoms with Gasteiger partial charge in [0, 0.05) is 49.2 Å². The summed E-state index contributed by atoms with van der Waals surface area (Å²) in [6, 6.07) is 26.6. The molecular formula is C33H28ClN5O3. The van der Waals surface area contributed by atoms with E-state index in [1.165, 1.54) is 6.20 Å². The maximum atomic E-state index is 13.6. The van der Waals surface area contributed by atoms with E-state index in [9.17, 15) is 9.59 Å². The van der Waals surface area contributed by atoms with E-state index >= 15 is 0 Å². The minimum atomic E-state index is -0.220. The van der Waals surface area contributed by atoms with Crippen molar-refractivity contribution in [2.45, 2.75) is 24.8 Å². The van der Waals surface area contributed by atoms with Crippen LogP contribution in [0.4, 0.5) is 0 Å². The van der Waals surface area contributed by atoms with Gasteiger partial charge in [-0.05, 0) is 78.9 Å². The number of aromatic nitrogens is 3. The lowest BCUT2D eigenvalue weighted by Crippen LogP contribution is -2.66. The molecule has 9 heteroatoms. The van der Waals surface area contributed by atoms with Crippen molar-refractivity contribution in [1.82, 2.24) is 24.4 Å². The Balaban J connectivity index is 0.991. The molecule has 2 amide bonds. The first-order valence-corrected chi connectivity index (χ1v) is 14.4. The number of halogens is 1. The number of piperidine rings is 1. The zero-order valence-corrected chi connectivity index (χ0v) is 23.6. The SMILES string of the molecule is O=C(c1ccc(Oc2ccc(Cl)cn2)cc1)N1CCC2(CC1)CCN2C(=O)c1cc2cc(-c3ccccc3)ccn2n1. The molecule has 5 aromatic rings. The molecule has 2 fully saturated rings. The molecule has 2 aliphatic rings. The molecule has 0 bridgehead atoms. The number of hydrogen-bond donors (Lipinski definition) is 0. The molecule has 2 aliphatic heterocycles. The zero-order chi connectivity index (χ0) is 28.7. The highest BCUT2D eigenvalue weighted by Crippen LogP contribution is 2.41. The Morgan fingerprint density at radius 3 is 2.26 bits per heavy atom. The Kier molecular flexibility index (Phi) is 6.63. The number of fused-ring (bicyclic) bond motifs is 1. The van der Waals surface area contributed by atoms with Crippen LogP contribution in [0.2, 0.25) is 5.02 Å². The first-order valence-electron chi connectivity index (χ1n) is 14.0. The van der Waals surface area contributed by atoms with Crippen LogP contribution in [0.15, 0.2) is 97.3 Å². The lowest BCUT2D eigenvalue weighted by atomic mass is 9.76. The van der Waals surface area contributed by atoms with Crippen molar-refractivity contribution < 1.29 is 14.3 Å². The highest BCUT2D eigenvalue weighted by atomic mass is 35.5. The van der Waals surface area contributed by atoms with Crippen molar-refractivity contribution in [3.63, 3.8) is 0 Å². The Morgan fingerprint density at radius 1 is 0.810 bits per heavy atom. The summed E-state index contributed by atoms with van der Waals surface area (Å²) in [4.78, 5) is 34.8. The van der Waals surface area contributed by atoms with E-state index in [1.807, 2.05) is 46.3 Å². The second kappa shape index (κ2) is 10.6. The number of likely N-dealkylation sites (tertiary alicyclic amines) is 2. The maximum Gasteiger partial charge on any atom is 0.274 e. The molecule has 1 spiro atoms. The second-order valence-corrected chi connectivity index (χ2v) is 11.3. The van der Waals surface area contributed by atoms with E-state index in [1.54, 1.807) is 40.9 Å². The number of carbonyl (C=O) groups excluding carboxylic acids is 2. The van der Waals surface area contributed by atoms with Gasteiger partial charge in [-0.15, -0.1) is 0 Å². The summed E-state index contributed by atoms with van der Waals surface area (Å²) in [6.45, 7) is 1.90. The van der Waals surface area contributed by atoms with Gasteiger partial charge in [-0.3, -0.25) is 9.59 Å². The number of carbonyl (C=O) groups is 2. The van der Waals surface area contributed by atoms with Gasteiger partial charge in [0.1, 0.15) is 5.75 Å². The van der Waals surface area contributed by atoms with Crippen molar-refractivity contribution in [3.8, 4) is 22.8 Å². The minimum Gasteiger partial charge on any atom is -0.439 e. The molecule has 0 atom stereocenters. The number of hydrogen-bond acceptors (Lipinski definition) is 5. The molecule has 0 saturated carbocycles. The Labute approximate surface area is 248 Å². The Hall–Kier alpha value is -4.69. The van der Waals surface area contributed by atoms with E-state index < -0.39 is 0 Å². The quantitative estimate of drug-likeness (QED) is 0.243. The summed E-state index contributed by atoms with van der Waals surface area (Å²) in [5, 5.41) is 5.13. The number of ether oxygens (including phenoxy) is 1. The van der Waals surface area contributed by atoms with Gasteiger partial charge in [0.25, 0.3) is 11.8 Å². The van der Waals surface area contributed by atoms with Crippen LogP contribution in [0.5, 0.6) is 11.6 Å². The fraction of sp³-hybridized carbons (Fsp3) is 0.212. The van der Waals surface area contributed by atoms with Gasteiger partial charge in [0.15, 0.2) is 5.69 Å². The summed E-state index contributed by atoms with van der Waals surface area (Å²) >= 11 is 5.88. The lowest BCUT2D eigenvalue weighted by Gasteiger charge is -2.56. The van der Waals surface area contributed by atoms with Crippen molar-refractivity contribution in [2.24, 2.45) is 0 Å². The predicted molar refractivity (Wildman–Crippen MR) is 160 cm³/mol. The molecule has 210 valence electrons. The van der Waals surface area contributed by atoms with Crippen LogP contribution in [-0.2, 0) is 0 Å². The number of nitrogens with zero attached hydrogens (tertiary/aromatic N) is 5. The van der Waals surface area contributed by atoms with E-state index in [0.29, 0.717) is 47.5 Å². The smallest absolute Gasteiger partial charge is 0.274 e. The summed E-state index contributed by atoms with van der Waals surface area (Å²) in [5.74, 6) is 0.954. The van der Waals surface area contributed by atoms with Crippen molar-refractivity contribution >= 4 is 28.9 Å². The molecular weight excluding hydrogens is 550 g/mol. The van der Waals surface area contributed by atoms with E-state index in [4.69, 9.17) is 16.3 Å². The number of amides is 2. The third kappa shape index (κ3) is 4.88. The van der Waals surface area contributed by atoms with Crippen LogP contribution >= 0.6 is 11.6 Å². The predicted octanol–water partition coefficient (Wildman–Crippen LogP) is 6.36. The van der Waals surface area contributed by atoms with Crippen LogP contribution < -0.4 is 4.74 Å². The number of rotatable bonds is 5. The standard InChI is InChI=1S/C33H28ClN5O3/c34-26-8-11-30(35-22-26)42-28-9-6-24(7-10-28)31(40)37-17-13-33(14-18-37)15-19-38(33)32(41)29-21-27-20-25(12-16-39(27)36-29)23-4-2-1-3-5-23/h1-12,16,20-22H,13-15,17-19H2. The largest absolute Gasteiger partial charge is 0.439 e. The van der Waals surface area contributed by atoms with Crippen LogP contribution in [-0.4, -0.2) is 61.4 Å². The first-order chi connectivity index (χ1) is 20.5. The van der Waals surface area contributed by atoms with Gasteiger partial charge in [-0.1, -0.05) is 41.9 Å². The van der Waals surface area contributed by atoms with Gasteiger partial charge < -0.3 is 14.5 Å². The number of benzene rings is 2. The summed E-state index contributed by atoms with van der Waals surface area (Å²) in [6.07, 6.45) is 5.86. The minimum absolute atomic E-state index is 0.0206. The average molecular weight is 578 g/mol. The molecule has 7 rings (SSSR count). The molecule has 2 saturated heterocycles. The summed E-state index contributed by atoms with van der Waals surface area (Å²) < 4.78 is 7.50. The molecule has 0 N–H and O–H groups in total. The Bertz CT molecular complexity index is 1760. The third-order valence-electron chi connectivity index (χ3n) is 8.41. The second-order valence-electron chi connectivity index (χ2n) is 10.8. The molecule has 8 nitrogen and oxygen atoms in total. The first kappa shape index (κ1) is 26.2. The van der Waals surface area contributed by atoms with Crippen molar-refractivity contribution in [2.75, 3.05) is 19.6 Å².